The topological polar surface area (TPSA) is 265 Å². The van der Waals surface area contributed by atoms with Crippen LogP contribution in [0.1, 0.15) is 134 Å². The summed E-state index contributed by atoms with van der Waals surface area (Å²) in [7, 11) is 0. The summed E-state index contributed by atoms with van der Waals surface area (Å²) in [6.07, 6.45) is 7.30. The SMILES string of the molecule is CC(=O)N(O)CCCCCNC(=O)CCC(=O)NCCCCCNC(=O)CCC(=O)N(O)CCCCCNC(=O)CCC(=O)N(CCCCCNC(=O)OCc1ccccc1)OCc1ccccc1. The van der Waals surface area contributed by atoms with Gasteiger partial charge < -0.3 is 31.3 Å². The number of benzene rings is 2. The molecule has 0 aliphatic heterocycles. The Balaban J connectivity index is 1.47. The summed E-state index contributed by atoms with van der Waals surface area (Å²) in [5, 5.41) is 35.9. The highest BCUT2D eigenvalue weighted by molar-refractivity contribution is 5.84. The van der Waals surface area contributed by atoms with Crippen LogP contribution in [0.4, 0.5) is 4.79 Å². The van der Waals surface area contributed by atoms with E-state index >= 15 is 0 Å². The van der Waals surface area contributed by atoms with Crippen LogP contribution in [0.15, 0.2) is 60.7 Å². The molecule has 8 amide bonds. The number of hydroxylamine groups is 6. The maximum atomic E-state index is 13.1. The van der Waals surface area contributed by atoms with Gasteiger partial charge in [0.25, 0.3) is 0 Å². The molecule has 20 heteroatoms. The molecular weight excluding hydrogens is 893 g/mol. The predicted octanol–water partition coefficient (Wildman–Crippen LogP) is 4.82. The highest BCUT2D eigenvalue weighted by Gasteiger charge is 2.17. The molecule has 2 aromatic carbocycles. The summed E-state index contributed by atoms with van der Waals surface area (Å²) >= 11 is 0. The fourth-order valence-electron chi connectivity index (χ4n) is 6.53. The van der Waals surface area contributed by atoms with Gasteiger partial charge in [-0.1, -0.05) is 60.7 Å². The number of amides is 8. The van der Waals surface area contributed by atoms with E-state index in [4.69, 9.17) is 9.57 Å². The van der Waals surface area contributed by atoms with Gasteiger partial charge in [-0.2, -0.15) is 0 Å². The summed E-state index contributed by atoms with van der Waals surface area (Å²) in [6.45, 7) is 4.42. The molecule has 0 heterocycles. The van der Waals surface area contributed by atoms with E-state index in [1.807, 2.05) is 60.7 Å². The number of rotatable bonds is 38. The standard InChI is InChI=1S/C49H76N8O12/c1-40(58)55(66)35-17-5-14-32-51-44(60)25-24-43(59)50-30-12-4-13-31-52-45(61)26-28-47(63)56(67)36-18-6-15-33-53-46(62)27-29-48(64)57(69-39-42-22-10-3-11-23-42)37-19-7-16-34-54-49(65)68-38-41-20-8-2-9-21-41/h2-3,8-11,20-23,66-67H,4-7,12-19,24-39H2,1H3,(H,50,59)(H,51,60)(H,52,61)(H,53,62)(H,54,65). The lowest BCUT2D eigenvalue weighted by molar-refractivity contribution is -0.192. The van der Waals surface area contributed by atoms with Gasteiger partial charge >= 0.3 is 6.09 Å². The van der Waals surface area contributed by atoms with Crippen molar-refractivity contribution in [1.29, 1.82) is 0 Å². The number of unbranched alkanes of at least 4 members (excludes halogenated alkanes) is 8. The van der Waals surface area contributed by atoms with E-state index in [1.54, 1.807) is 0 Å². The van der Waals surface area contributed by atoms with Crippen molar-refractivity contribution in [2.75, 3.05) is 52.4 Å². The summed E-state index contributed by atoms with van der Waals surface area (Å²) < 4.78 is 5.23. The molecular formula is C49H76N8O12. The zero-order valence-corrected chi connectivity index (χ0v) is 40.4. The summed E-state index contributed by atoms with van der Waals surface area (Å²) in [5.74, 6) is -2.32. The second-order valence-corrected chi connectivity index (χ2v) is 16.5. The van der Waals surface area contributed by atoms with Gasteiger partial charge in [-0.3, -0.25) is 48.8 Å². The molecule has 0 atom stereocenters. The minimum atomic E-state index is -0.565. The quantitative estimate of drug-likeness (QED) is 0.0272. The Morgan fingerprint density at radius 3 is 1.28 bits per heavy atom. The highest BCUT2D eigenvalue weighted by Crippen LogP contribution is 2.10. The van der Waals surface area contributed by atoms with E-state index in [0.29, 0.717) is 107 Å². The van der Waals surface area contributed by atoms with Gasteiger partial charge in [-0.05, 0) is 88.2 Å². The van der Waals surface area contributed by atoms with Crippen LogP contribution in [0.2, 0.25) is 0 Å². The molecule has 0 aliphatic rings. The van der Waals surface area contributed by atoms with E-state index in [0.717, 1.165) is 30.4 Å². The fraction of sp³-hybridized carbons (Fsp3) is 0.592. The summed E-state index contributed by atoms with van der Waals surface area (Å²) in [6, 6.07) is 18.8. The second kappa shape index (κ2) is 37.8. The Labute approximate surface area is 406 Å². The third-order valence-corrected chi connectivity index (χ3v) is 10.6. The molecule has 0 unspecified atom stereocenters. The van der Waals surface area contributed by atoms with Crippen LogP contribution in [0, 0.1) is 0 Å². The number of hydrogen-bond donors (Lipinski definition) is 7. The Morgan fingerprint density at radius 2 is 0.812 bits per heavy atom. The third kappa shape index (κ3) is 31.5. The van der Waals surface area contributed by atoms with Crippen molar-refractivity contribution in [2.45, 2.75) is 136 Å². The minimum absolute atomic E-state index is 0.0161. The van der Waals surface area contributed by atoms with Gasteiger partial charge in [0.1, 0.15) is 13.2 Å². The first-order chi connectivity index (χ1) is 33.3. The lowest BCUT2D eigenvalue weighted by Crippen LogP contribution is -2.34. The lowest BCUT2D eigenvalue weighted by Gasteiger charge is -2.22. The largest absolute Gasteiger partial charge is 0.445 e. The van der Waals surface area contributed by atoms with Crippen LogP contribution < -0.4 is 26.6 Å². The fourth-order valence-corrected chi connectivity index (χ4v) is 6.53. The first-order valence-corrected chi connectivity index (χ1v) is 24.3. The van der Waals surface area contributed by atoms with Crippen LogP contribution in [0.25, 0.3) is 0 Å². The summed E-state index contributed by atoms with van der Waals surface area (Å²) in [5.41, 5.74) is 1.80. The molecule has 0 fully saturated rings. The molecule has 0 bridgehead atoms. The van der Waals surface area contributed by atoms with Gasteiger partial charge in [0.05, 0.1) is 0 Å². The van der Waals surface area contributed by atoms with E-state index < -0.39 is 17.9 Å². The lowest BCUT2D eigenvalue weighted by atomic mass is 10.2. The number of ether oxygens (including phenoxy) is 1. The van der Waals surface area contributed by atoms with Crippen molar-refractivity contribution in [2.24, 2.45) is 0 Å². The Kier molecular flexibility index (Phi) is 32.3. The molecule has 384 valence electrons. The molecule has 0 aliphatic carbocycles. The second-order valence-electron chi connectivity index (χ2n) is 16.5. The van der Waals surface area contributed by atoms with E-state index in [2.05, 4.69) is 26.6 Å². The number of alkyl carbamates (subject to hydrolysis) is 1. The molecule has 7 N–H and O–H groups in total. The predicted molar refractivity (Wildman–Crippen MR) is 255 cm³/mol. The average Bonchev–Trinajstić information content (AvgIpc) is 3.35. The molecule has 20 nitrogen and oxygen atoms in total. The molecule has 0 aromatic heterocycles. The number of carbonyl (C=O) groups is 8. The van der Waals surface area contributed by atoms with Crippen molar-refractivity contribution in [3.63, 3.8) is 0 Å². The van der Waals surface area contributed by atoms with Crippen LogP contribution in [0.3, 0.4) is 0 Å². The van der Waals surface area contributed by atoms with Crippen molar-refractivity contribution in [3.05, 3.63) is 71.8 Å². The van der Waals surface area contributed by atoms with Gasteiger partial charge in [0.2, 0.25) is 41.4 Å². The normalized spacial score (nSPS) is 10.7. The molecule has 2 rings (SSSR count). The number of carbonyl (C=O) groups excluding carboxylic acids is 8. The molecule has 0 spiro atoms. The molecule has 69 heavy (non-hydrogen) atoms. The molecule has 0 saturated carbocycles. The Bertz CT molecular complexity index is 1810. The van der Waals surface area contributed by atoms with Crippen LogP contribution >= 0.6 is 0 Å². The van der Waals surface area contributed by atoms with Gasteiger partial charge in [-0.25, -0.2) is 20.0 Å². The maximum Gasteiger partial charge on any atom is 0.407 e. The molecule has 2 aromatic rings. The van der Waals surface area contributed by atoms with E-state index in [9.17, 15) is 48.8 Å². The average molecular weight is 969 g/mol. The molecule has 0 saturated heterocycles. The van der Waals surface area contributed by atoms with Crippen molar-refractivity contribution < 1.29 is 58.3 Å². The summed E-state index contributed by atoms with van der Waals surface area (Å²) in [4.78, 5) is 103. The van der Waals surface area contributed by atoms with Crippen LogP contribution in [-0.2, 0) is 56.3 Å². The van der Waals surface area contributed by atoms with Crippen molar-refractivity contribution in [3.8, 4) is 0 Å². The van der Waals surface area contributed by atoms with Crippen molar-refractivity contribution >= 4 is 47.4 Å². The third-order valence-electron chi connectivity index (χ3n) is 10.6. The molecule has 0 radical (unpaired) electrons. The van der Waals surface area contributed by atoms with Gasteiger partial charge in [-0.15, -0.1) is 0 Å². The van der Waals surface area contributed by atoms with E-state index in [1.165, 1.54) is 12.0 Å². The first kappa shape index (κ1) is 59.0. The maximum absolute atomic E-state index is 13.1. The van der Waals surface area contributed by atoms with Gasteiger partial charge in [0, 0.05) is 97.8 Å². The van der Waals surface area contributed by atoms with Crippen LogP contribution in [0.5, 0.6) is 0 Å². The number of hydrogen-bond acceptors (Lipinski definition) is 12. The van der Waals surface area contributed by atoms with Gasteiger partial charge in [0.15, 0.2) is 0 Å². The Morgan fingerprint density at radius 1 is 0.435 bits per heavy atom. The van der Waals surface area contributed by atoms with E-state index in [-0.39, 0.29) is 94.4 Å². The monoisotopic (exact) mass is 969 g/mol. The minimum Gasteiger partial charge on any atom is -0.445 e. The first-order valence-electron chi connectivity index (χ1n) is 24.3. The number of nitrogens with one attached hydrogen (secondary N) is 5. The van der Waals surface area contributed by atoms with Crippen LogP contribution in [-0.4, -0.2) is 125 Å². The smallest absolute Gasteiger partial charge is 0.407 e. The number of nitrogens with zero attached hydrogens (tertiary/aromatic N) is 3. The Hall–Kier alpha value is -6.12. The zero-order valence-electron chi connectivity index (χ0n) is 40.4. The zero-order chi connectivity index (χ0) is 50.3. The highest BCUT2D eigenvalue weighted by atomic mass is 16.7. The van der Waals surface area contributed by atoms with Crippen molar-refractivity contribution in [1.82, 2.24) is 41.8 Å².